The lowest BCUT2D eigenvalue weighted by Crippen LogP contribution is -2.18. The Morgan fingerprint density at radius 3 is 2.52 bits per heavy atom. The number of aromatic nitrogens is 1. The number of hydrogen-bond acceptors (Lipinski definition) is 5. The highest BCUT2D eigenvalue weighted by Crippen LogP contribution is 2.33. The van der Waals surface area contributed by atoms with Gasteiger partial charge in [-0.2, -0.15) is 5.10 Å². The van der Waals surface area contributed by atoms with E-state index in [0.29, 0.717) is 31.2 Å². The minimum absolute atomic E-state index is 0.295. The zero-order chi connectivity index (χ0) is 24.1. The predicted molar refractivity (Wildman–Crippen MR) is 134 cm³/mol. The van der Waals surface area contributed by atoms with Crippen molar-refractivity contribution in [3.8, 4) is 17.2 Å². The Hall–Kier alpha value is -3.05. The molecule has 0 atom stereocenters. The molecular weight excluding hydrogens is 561 g/mol. The number of carbonyl (C=O) groups is 2. The molecule has 33 heavy (non-hydrogen) atoms. The monoisotopic (exact) mass is 581 g/mol. The maximum Gasteiger partial charge on any atom is 0.341 e. The third-order valence-electron chi connectivity index (χ3n) is 4.70. The summed E-state index contributed by atoms with van der Waals surface area (Å²) in [4.78, 5) is 23.5. The molecule has 0 radical (unpaired) electrons. The third kappa shape index (κ3) is 5.85. The molecule has 0 aliphatic rings. The van der Waals surface area contributed by atoms with Crippen LogP contribution in [0.3, 0.4) is 0 Å². The lowest BCUT2D eigenvalue weighted by atomic mass is 10.2. The average molecular weight is 582 g/mol. The molecule has 0 saturated heterocycles. The number of nitrogens with one attached hydrogen (secondary N) is 1. The van der Waals surface area contributed by atoms with Crippen LogP contribution in [0.25, 0.3) is 5.69 Å². The number of aryl methyl sites for hydroxylation is 2. The van der Waals surface area contributed by atoms with E-state index >= 15 is 0 Å². The summed E-state index contributed by atoms with van der Waals surface area (Å²) >= 11 is 8.27. The lowest BCUT2D eigenvalue weighted by Gasteiger charge is -2.12. The van der Waals surface area contributed by atoms with Gasteiger partial charge in [0.15, 0.2) is 18.1 Å². The maximum absolute atomic E-state index is 12.7. The summed E-state index contributed by atoms with van der Waals surface area (Å²) < 4.78 is 13.2. The number of halogens is 2. The van der Waals surface area contributed by atoms with Gasteiger partial charge in [-0.3, -0.25) is 4.79 Å². The molecule has 10 heteroatoms. The Bertz CT molecular complexity index is 1220. The molecule has 0 aliphatic carbocycles. The Morgan fingerprint density at radius 2 is 1.88 bits per heavy atom. The number of methoxy groups -OCH3 is 1. The predicted octanol–water partition coefficient (Wildman–Crippen LogP) is 4.59. The van der Waals surface area contributed by atoms with Gasteiger partial charge in [0, 0.05) is 17.1 Å². The van der Waals surface area contributed by atoms with Crippen molar-refractivity contribution in [1.29, 1.82) is 0 Å². The van der Waals surface area contributed by atoms with Crippen LogP contribution in [-0.2, 0) is 4.79 Å². The summed E-state index contributed by atoms with van der Waals surface area (Å²) in [6.07, 6.45) is 1.45. The van der Waals surface area contributed by atoms with E-state index in [-0.39, 0.29) is 0 Å². The van der Waals surface area contributed by atoms with E-state index in [9.17, 15) is 9.59 Å². The molecule has 0 unspecified atom stereocenters. The molecule has 3 aromatic rings. The van der Waals surface area contributed by atoms with E-state index in [0.717, 1.165) is 17.1 Å². The summed E-state index contributed by atoms with van der Waals surface area (Å²) in [5.41, 5.74) is 6.31. The quantitative estimate of drug-likeness (QED) is 0.230. The number of carboxylic acid groups (broad SMARTS) is 1. The van der Waals surface area contributed by atoms with Gasteiger partial charge in [0.05, 0.1) is 27.5 Å². The van der Waals surface area contributed by atoms with Crippen LogP contribution in [0.2, 0.25) is 5.02 Å². The summed E-state index contributed by atoms with van der Waals surface area (Å²) in [7, 11) is 1.45. The molecule has 2 N–H and O–H groups in total. The second kappa shape index (κ2) is 10.7. The second-order valence-corrected chi connectivity index (χ2v) is 8.60. The van der Waals surface area contributed by atoms with Crippen molar-refractivity contribution < 1.29 is 24.2 Å². The van der Waals surface area contributed by atoms with Crippen LogP contribution < -0.4 is 14.9 Å². The first kappa shape index (κ1) is 24.6. The van der Waals surface area contributed by atoms with Crippen LogP contribution >= 0.6 is 34.2 Å². The van der Waals surface area contributed by atoms with Gasteiger partial charge in [-0.25, -0.2) is 10.2 Å². The topological polar surface area (TPSA) is 102 Å². The smallest absolute Gasteiger partial charge is 0.341 e. The van der Waals surface area contributed by atoms with Crippen LogP contribution in [0.4, 0.5) is 0 Å². The number of rotatable bonds is 8. The molecule has 1 heterocycles. The van der Waals surface area contributed by atoms with E-state index < -0.39 is 18.5 Å². The minimum atomic E-state index is -1.09. The number of aliphatic carboxylic acids is 1. The molecule has 1 amide bonds. The summed E-state index contributed by atoms with van der Waals surface area (Å²) in [6.45, 7) is 3.48. The van der Waals surface area contributed by atoms with E-state index in [1.807, 2.05) is 59.2 Å². The van der Waals surface area contributed by atoms with E-state index in [1.54, 1.807) is 24.3 Å². The van der Waals surface area contributed by atoms with Crippen LogP contribution in [0, 0.1) is 17.4 Å². The average Bonchev–Trinajstić information content (AvgIpc) is 3.10. The van der Waals surface area contributed by atoms with Crippen molar-refractivity contribution in [3.63, 3.8) is 0 Å². The number of hydrazone groups is 1. The number of benzene rings is 2. The van der Waals surface area contributed by atoms with Gasteiger partial charge in [0.25, 0.3) is 5.91 Å². The largest absolute Gasteiger partial charge is 0.493 e. The van der Waals surface area contributed by atoms with Gasteiger partial charge < -0.3 is 19.1 Å². The van der Waals surface area contributed by atoms with Crippen LogP contribution in [0.15, 0.2) is 47.6 Å². The first-order valence-corrected chi connectivity index (χ1v) is 11.2. The number of amides is 1. The van der Waals surface area contributed by atoms with Crippen molar-refractivity contribution in [2.45, 2.75) is 13.8 Å². The van der Waals surface area contributed by atoms with E-state index in [1.165, 1.54) is 13.3 Å². The number of ether oxygens (including phenoxy) is 2. The fourth-order valence-electron chi connectivity index (χ4n) is 3.22. The molecule has 0 fully saturated rings. The molecule has 0 saturated carbocycles. The van der Waals surface area contributed by atoms with Crippen molar-refractivity contribution in [1.82, 2.24) is 9.99 Å². The second-order valence-electron chi connectivity index (χ2n) is 7.03. The highest BCUT2D eigenvalue weighted by atomic mass is 127. The van der Waals surface area contributed by atoms with Gasteiger partial charge in [-0.15, -0.1) is 0 Å². The van der Waals surface area contributed by atoms with Crippen LogP contribution in [-0.4, -0.2) is 41.5 Å². The zero-order valence-corrected chi connectivity index (χ0v) is 21.0. The minimum Gasteiger partial charge on any atom is -0.493 e. The molecule has 3 rings (SSSR count). The fraction of sp³-hybridized carbons (Fsp3) is 0.174. The van der Waals surface area contributed by atoms with E-state index in [2.05, 4.69) is 10.5 Å². The van der Waals surface area contributed by atoms with Gasteiger partial charge >= 0.3 is 5.97 Å². The Labute approximate surface area is 209 Å². The van der Waals surface area contributed by atoms with Gasteiger partial charge in [-0.05, 0) is 84.5 Å². The van der Waals surface area contributed by atoms with Crippen molar-refractivity contribution in [2.24, 2.45) is 5.10 Å². The molecule has 8 nitrogen and oxygen atoms in total. The standard InChI is InChI=1S/C23H21ClIN3O5/c1-13-4-5-14(2)28(13)16-6-7-18(24)17(10-16)23(31)27-26-11-15-8-19(25)22(20(9-15)32-3)33-12-21(29)30/h4-11H,12H2,1-3H3,(H,27,31)(H,29,30). The van der Waals surface area contributed by atoms with Gasteiger partial charge in [0.2, 0.25) is 0 Å². The van der Waals surface area contributed by atoms with Crippen molar-refractivity contribution in [3.05, 3.63) is 73.6 Å². The molecule has 0 spiro atoms. The van der Waals surface area contributed by atoms with E-state index in [4.69, 9.17) is 26.2 Å². The summed E-state index contributed by atoms with van der Waals surface area (Å²) in [5, 5.41) is 13.2. The SMILES string of the molecule is COc1cc(C=NNC(=O)c2cc(-n3c(C)ccc3C)ccc2Cl)cc(I)c1OCC(=O)O. The number of nitrogens with zero attached hydrogens (tertiary/aromatic N) is 2. The zero-order valence-electron chi connectivity index (χ0n) is 18.1. The van der Waals surface area contributed by atoms with Crippen LogP contribution in [0.5, 0.6) is 11.5 Å². The molecule has 1 aromatic heterocycles. The Morgan fingerprint density at radius 1 is 1.18 bits per heavy atom. The van der Waals surface area contributed by atoms with Gasteiger partial charge in [-0.1, -0.05) is 11.6 Å². The molecule has 0 aliphatic heterocycles. The lowest BCUT2D eigenvalue weighted by molar-refractivity contribution is -0.139. The Kier molecular flexibility index (Phi) is 7.98. The number of carbonyl (C=O) groups excluding carboxylic acids is 1. The summed E-state index contributed by atoms with van der Waals surface area (Å²) in [6, 6.07) is 12.6. The van der Waals surface area contributed by atoms with Crippen molar-refractivity contribution in [2.75, 3.05) is 13.7 Å². The first-order valence-electron chi connectivity index (χ1n) is 9.71. The Balaban J connectivity index is 1.78. The maximum atomic E-state index is 12.7. The fourth-order valence-corrected chi connectivity index (χ4v) is 4.20. The highest BCUT2D eigenvalue weighted by Gasteiger charge is 2.14. The van der Waals surface area contributed by atoms with Crippen LogP contribution in [0.1, 0.15) is 27.3 Å². The number of carboxylic acids is 1. The third-order valence-corrected chi connectivity index (χ3v) is 5.83. The molecular formula is C23H21ClIN3O5. The molecule has 2 aromatic carbocycles. The normalized spacial score (nSPS) is 10.9. The first-order chi connectivity index (χ1) is 15.7. The van der Waals surface area contributed by atoms with Crippen molar-refractivity contribution >= 4 is 52.3 Å². The number of hydrogen-bond donors (Lipinski definition) is 2. The highest BCUT2D eigenvalue weighted by molar-refractivity contribution is 14.1. The molecule has 0 bridgehead atoms. The van der Waals surface area contributed by atoms with Gasteiger partial charge in [0.1, 0.15) is 0 Å². The summed E-state index contributed by atoms with van der Waals surface area (Å²) in [5.74, 6) is -0.875. The molecule has 172 valence electrons.